The zero-order valence-electron chi connectivity index (χ0n) is 10.1. The van der Waals surface area contributed by atoms with Gasteiger partial charge < -0.3 is 19.6 Å². The average Bonchev–Trinajstić information content (AvgIpc) is 2.86. The van der Waals surface area contributed by atoms with E-state index in [2.05, 4.69) is 9.97 Å². The minimum absolute atomic E-state index is 0. The van der Waals surface area contributed by atoms with Gasteiger partial charge in [0.2, 0.25) is 0 Å². The van der Waals surface area contributed by atoms with Crippen molar-refractivity contribution in [3.63, 3.8) is 0 Å². The van der Waals surface area contributed by atoms with Gasteiger partial charge in [-0.2, -0.15) is 0 Å². The van der Waals surface area contributed by atoms with Crippen LogP contribution < -0.4 is 9.47 Å². The summed E-state index contributed by atoms with van der Waals surface area (Å²) in [6, 6.07) is 5.54. The number of halogens is 1. The van der Waals surface area contributed by atoms with Crippen molar-refractivity contribution >= 4 is 12.4 Å². The first-order valence-corrected chi connectivity index (χ1v) is 5.15. The Labute approximate surface area is 111 Å². The van der Waals surface area contributed by atoms with Gasteiger partial charge in [-0.05, 0) is 18.2 Å². The molecule has 0 fully saturated rings. The molecule has 0 atom stereocenters. The van der Waals surface area contributed by atoms with Gasteiger partial charge in [0.25, 0.3) is 0 Å². The van der Waals surface area contributed by atoms with E-state index in [1.807, 2.05) is 18.2 Å². The zero-order valence-corrected chi connectivity index (χ0v) is 11.0. The van der Waals surface area contributed by atoms with Gasteiger partial charge in [0.1, 0.15) is 0 Å². The molecule has 0 aliphatic heterocycles. The summed E-state index contributed by atoms with van der Waals surface area (Å²) in [5.74, 6) is 1.31. The van der Waals surface area contributed by atoms with Crippen molar-refractivity contribution in [3.05, 3.63) is 30.2 Å². The Morgan fingerprint density at radius 1 is 1.22 bits per heavy atom. The molecule has 2 N–H and O–H groups in total. The molecule has 0 radical (unpaired) electrons. The van der Waals surface area contributed by atoms with Crippen LogP contribution in [-0.2, 0) is 6.61 Å². The fourth-order valence-electron chi connectivity index (χ4n) is 1.68. The summed E-state index contributed by atoms with van der Waals surface area (Å²) in [5, 5.41) is 9.16. The third-order valence-electron chi connectivity index (χ3n) is 2.54. The van der Waals surface area contributed by atoms with Crippen LogP contribution in [0.5, 0.6) is 11.5 Å². The van der Waals surface area contributed by atoms with E-state index in [-0.39, 0.29) is 19.0 Å². The van der Waals surface area contributed by atoms with Crippen molar-refractivity contribution in [2.24, 2.45) is 0 Å². The molecule has 5 nitrogen and oxygen atoms in total. The maximum Gasteiger partial charge on any atom is 0.161 e. The lowest BCUT2D eigenvalue weighted by molar-refractivity contribution is 0.278. The number of H-pyrrole nitrogens is 1. The molecule has 2 rings (SSSR count). The first-order valence-electron chi connectivity index (χ1n) is 5.15. The Kier molecular flexibility index (Phi) is 5.00. The van der Waals surface area contributed by atoms with Crippen molar-refractivity contribution < 1.29 is 14.6 Å². The molecule has 0 bridgehead atoms. The summed E-state index contributed by atoms with van der Waals surface area (Å²) in [5.41, 5.74) is 2.29. The Hall–Kier alpha value is -1.72. The van der Waals surface area contributed by atoms with Crippen LogP contribution in [0.4, 0.5) is 0 Å². The standard InChI is InChI=1S/C12H14N2O3.ClH/c1-16-10-4-3-8(5-11(10)17-2)12-9(6-15)13-7-14-12;/h3-5,7,15H,6H2,1-2H3,(H,13,14);1H. The fourth-order valence-corrected chi connectivity index (χ4v) is 1.68. The predicted molar refractivity (Wildman–Crippen MR) is 70.3 cm³/mol. The molecule has 0 amide bonds. The lowest BCUT2D eigenvalue weighted by Gasteiger charge is -2.09. The van der Waals surface area contributed by atoms with Gasteiger partial charge >= 0.3 is 0 Å². The number of nitrogens with one attached hydrogen (secondary N) is 1. The number of methoxy groups -OCH3 is 2. The van der Waals surface area contributed by atoms with Crippen molar-refractivity contribution in [3.8, 4) is 22.8 Å². The molecule has 98 valence electrons. The van der Waals surface area contributed by atoms with Crippen LogP contribution >= 0.6 is 12.4 Å². The molecule has 2 aromatic rings. The predicted octanol–water partition coefficient (Wildman–Crippen LogP) is 2.01. The first kappa shape index (κ1) is 14.3. The van der Waals surface area contributed by atoms with E-state index in [1.165, 1.54) is 0 Å². The summed E-state index contributed by atoms with van der Waals surface area (Å²) in [4.78, 5) is 7.03. The Morgan fingerprint density at radius 3 is 2.56 bits per heavy atom. The van der Waals surface area contributed by atoms with Crippen LogP contribution in [0, 0.1) is 0 Å². The van der Waals surface area contributed by atoms with E-state index in [0.29, 0.717) is 17.2 Å². The van der Waals surface area contributed by atoms with Gasteiger partial charge in [-0.25, -0.2) is 4.98 Å². The number of aliphatic hydroxyl groups excluding tert-OH is 1. The summed E-state index contributed by atoms with van der Waals surface area (Å²) in [6.45, 7) is -0.104. The summed E-state index contributed by atoms with van der Waals surface area (Å²) >= 11 is 0. The van der Waals surface area contributed by atoms with Gasteiger partial charge in [0.05, 0.1) is 38.5 Å². The molecule has 0 unspecified atom stereocenters. The Balaban J connectivity index is 0.00000162. The maximum absolute atomic E-state index is 9.16. The number of aromatic amines is 1. The van der Waals surface area contributed by atoms with Crippen LogP contribution in [0.3, 0.4) is 0 Å². The van der Waals surface area contributed by atoms with E-state index < -0.39 is 0 Å². The number of aromatic nitrogens is 2. The largest absolute Gasteiger partial charge is 0.493 e. The second kappa shape index (κ2) is 6.28. The highest BCUT2D eigenvalue weighted by atomic mass is 35.5. The monoisotopic (exact) mass is 270 g/mol. The smallest absolute Gasteiger partial charge is 0.161 e. The van der Waals surface area contributed by atoms with Crippen molar-refractivity contribution in [1.29, 1.82) is 0 Å². The van der Waals surface area contributed by atoms with Gasteiger partial charge in [-0.15, -0.1) is 12.4 Å². The molecule has 1 aromatic carbocycles. The van der Waals surface area contributed by atoms with Gasteiger partial charge in [-0.1, -0.05) is 0 Å². The number of hydrogen-bond acceptors (Lipinski definition) is 4. The van der Waals surface area contributed by atoms with Crippen molar-refractivity contribution in [1.82, 2.24) is 9.97 Å². The van der Waals surface area contributed by atoms with Crippen LogP contribution in [0.15, 0.2) is 24.5 Å². The summed E-state index contributed by atoms with van der Waals surface area (Å²) in [7, 11) is 3.18. The molecular formula is C12H15ClN2O3. The van der Waals surface area contributed by atoms with Crippen molar-refractivity contribution in [2.45, 2.75) is 6.61 Å². The van der Waals surface area contributed by atoms with E-state index in [1.54, 1.807) is 20.5 Å². The third kappa shape index (κ3) is 2.57. The number of ether oxygens (including phenoxy) is 2. The van der Waals surface area contributed by atoms with E-state index in [4.69, 9.17) is 14.6 Å². The molecule has 0 saturated heterocycles. The quantitative estimate of drug-likeness (QED) is 0.892. The second-order valence-electron chi connectivity index (χ2n) is 3.45. The molecular weight excluding hydrogens is 256 g/mol. The minimum Gasteiger partial charge on any atom is -0.493 e. The number of nitrogens with zero attached hydrogens (tertiary/aromatic N) is 1. The third-order valence-corrected chi connectivity index (χ3v) is 2.54. The molecule has 1 aromatic heterocycles. The van der Waals surface area contributed by atoms with E-state index >= 15 is 0 Å². The maximum atomic E-state index is 9.16. The van der Waals surface area contributed by atoms with Crippen LogP contribution in [0.25, 0.3) is 11.3 Å². The highest BCUT2D eigenvalue weighted by Gasteiger charge is 2.10. The topological polar surface area (TPSA) is 67.4 Å². The Morgan fingerprint density at radius 2 is 1.94 bits per heavy atom. The molecule has 1 heterocycles. The number of aliphatic hydroxyl groups is 1. The number of rotatable bonds is 4. The Bertz CT molecular complexity index is 514. The van der Waals surface area contributed by atoms with Gasteiger partial charge in [0, 0.05) is 5.56 Å². The van der Waals surface area contributed by atoms with Gasteiger partial charge in [0.15, 0.2) is 11.5 Å². The van der Waals surface area contributed by atoms with Crippen LogP contribution in [-0.4, -0.2) is 29.3 Å². The molecule has 6 heteroatoms. The lowest BCUT2D eigenvalue weighted by atomic mass is 10.1. The summed E-state index contributed by atoms with van der Waals surface area (Å²) in [6.07, 6.45) is 1.55. The normalized spacial score (nSPS) is 9.72. The second-order valence-corrected chi connectivity index (χ2v) is 3.45. The minimum atomic E-state index is -0.104. The molecule has 0 spiro atoms. The van der Waals surface area contributed by atoms with E-state index in [9.17, 15) is 0 Å². The van der Waals surface area contributed by atoms with Crippen LogP contribution in [0.1, 0.15) is 5.69 Å². The highest BCUT2D eigenvalue weighted by molar-refractivity contribution is 5.85. The fraction of sp³-hybridized carbons (Fsp3) is 0.250. The number of benzene rings is 1. The molecule has 0 saturated carbocycles. The van der Waals surface area contributed by atoms with E-state index in [0.717, 1.165) is 11.3 Å². The highest BCUT2D eigenvalue weighted by Crippen LogP contribution is 2.32. The summed E-state index contributed by atoms with van der Waals surface area (Å²) < 4.78 is 10.4. The lowest BCUT2D eigenvalue weighted by Crippen LogP contribution is -1.92. The average molecular weight is 271 g/mol. The van der Waals surface area contributed by atoms with Crippen molar-refractivity contribution in [2.75, 3.05) is 14.2 Å². The first-order chi connectivity index (χ1) is 8.30. The number of imidazole rings is 1. The molecule has 0 aliphatic rings. The molecule has 18 heavy (non-hydrogen) atoms. The van der Waals surface area contributed by atoms with Gasteiger partial charge in [-0.3, -0.25) is 0 Å². The van der Waals surface area contributed by atoms with Crippen LogP contribution in [0.2, 0.25) is 0 Å². The molecule has 0 aliphatic carbocycles. The number of hydrogen-bond donors (Lipinski definition) is 2. The zero-order chi connectivity index (χ0) is 12.3. The SMILES string of the molecule is COc1ccc(-c2[nH]cnc2CO)cc1OC.Cl.